The Balaban J connectivity index is 1.89. The number of halogens is 1. The summed E-state index contributed by atoms with van der Waals surface area (Å²) in [5.74, 6) is -1.27. The van der Waals surface area contributed by atoms with Gasteiger partial charge in [0.05, 0.1) is 5.92 Å². The third-order valence-electron chi connectivity index (χ3n) is 3.72. The first-order valence-electron chi connectivity index (χ1n) is 6.98. The number of likely N-dealkylation sites (tertiary alicyclic amines) is 1. The number of hydrogen-bond acceptors (Lipinski definition) is 2. The van der Waals surface area contributed by atoms with E-state index >= 15 is 0 Å². The fraction of sp³-hybridized carbons (Fsp3) is 0.467. The molecular weight excluding hydrogens is 336 g/mol. The van der Waals surface area contributed by atoms with Crippen molar-refractivity contribution >= 4 is 27.9 Å². The highest BCUT2D eigenvalue weighted by Crippen LogP contribution is 2.18. The van der Waals surface area contributed by atoms with Crippen molar-refractivity contribution < 1.29 is 14.7 Å². The molecule has 1 atom stereocenters. The van der Waals surface area contributed by atoms with Gasteiger partial charge in [0, 0.05) is 24.1 Å². The maximum Gasteiger partial charge on any atom is 0.317 e. The molecule has 6 heteroatoms. The average Bonchev–Trinajstić information content (AvgIpc) is 2.48. The maximum atomic E-state index is 12.1. The molecule has 2 amide bonds. The summed E-state index contributed by atoms with van der Waals surface area (Å²) >= 11 is 3.44. The van der Waals surface area contributed by atoms with Crippen molar-refractivity contribution in [3.05, 3.63) is 33.8 Å². The van der Waals surface area contributed by atoms with Gasteiger partial charge in [-0.1, -0.05) is 28.1 Å². The summed E-state index contributed by atoms with van der Waals surface area (Å²) in [4.78, 5) is 24.7. The van der Waals surface area contributed by atoms with Crippen LogP contribution in [-0.2, 0) is 11.3 Å². The van der Waals surface area contributed by atoms with Crippen LogP contribution in [0.1, 0.15) is 24.0 Å². The highest BCUT2D eigenvalue weighted by Gasteiger charge is 2.27. The molecule has 5 nitrogen and oxygen atoms in total. The van der Waals surface area contributed by atoms with Crippen molar-refractivity contribution in [3.63, 3.8) is 0 Å². The molecule has 1 heterocycles. The number of amides is 2. The van der Waals surface area contributed by atoms with Crippen LogP contribution in [0.25, 0.3) is 0 Å². The number of piperidine rings is 1. The highest BCUT2D eigenvalue weighted by molar-refractivity contribution is 9.10. The van der Waals surface area contributed by atoms with E-state index < -0.39 is 11.9 Å². The number of hydrogen-bond donors (Lipinski definition) is 2. The molecule has 1 saturated heterocycles. The number of carboxylic acid groups (broad SMARTS) is 1. The SMILES string of the molecule is Cc1cc(CNC(=O)N2CCCC(C(=O)O)C2)ccc1Br. The first-order valence-corrected chi connectivity index (χ1v) is 7.77. The molecular formula is C15H19BrN2O3. The Morgan fingerprint density at radius 1 is 1.48 bits per heavy atom. The van der Waals surface area contributed by atoms with Gasteiger partial charge in [0.15, 0.2) is 0 Å². The highest BCUT2D eigenvalue weighted by atomic mass is 79.9. The molecule has 2 rings (SSSR count). The summed E-state index contributed by atoms with van der Waals surface area (Å²) in [7, 11) is 0. The van der Waals surface area contributed by atoms with Gasteiger partial charge in [-0.05, 0) is 37.0 Å². The summed E-state index contributed by atoms with van der Waals surface area (Å²) in [5, 5.41) is 11.9. The molecule has 1 unspecified atom stereocenters. The van der Waals surface area contributed by atoms with Gasteiger partial charge < -0.3 is 15.3 Å². The second-order valence-corrected chi connectivity index (χ2v) is 6.22. The summed E-state index contributed by atoms with van der Waals surface area (Å²) in [6.07, 6.45) is 1.38. The Morgan fingerprint density at radius 3 is 2.90 bits per heavy atom. The zero-order chi connectivity index (χ0) is 15.4. The minimum atomic E-state index is -0.823. The molecule has 1 aliphatic rings. The van der Waals surface area contributed by atoms with Crippen LogP contribution in [-0.4, -0.2) is 35.1 Å². The predicted molar refractivity (Wildman–Crippen MR) is 83.0 cm³/mol. The van der Waals surface area contributed by atoms with E-state index in [2.05, 4.69) is 21.2 Å². The summed E-state index contributed by atoms with van der Waals surface area (Å²) in [6.45, 7) is 3.36. The fourth-order valence-corrected chi connectivity index (χ4v) is 2.72. The molecule has 1 aromatic rings. The Bertz CT molecular complexity index is 548. The van der Waals surface area contributed by atoms with E-state index in [1.807, 2.05) is 25.1 Å². The molecule has 0 aromatic heterocycles. The van der Waals surface area contributed by atoms with Crippen molar-refractivity contribution in [3.8, 4) is 0 Å². The zero-order valence-corrected chi connectivity index (χ0v) is 13.5. The average molecular weight is 355 g/mol. The van der Waals surface area contributed by atoms with Gasteiger partial charge in [-0.2, -0.15) is 0 Å². The van der Waals surface area contributed by atoms with Crippen molar-refractivity contribution in [2.75, 3.05) is 13.1 Å². The van der Waals surface area contributed by atoms with E-state index in [-0.39, 0.29) is 6.03 Å². The van der Waals surface area contributed by atoms with Crippen molar-refractivity contribution in [1.29, 1.82) is 0 Å². The largest absolute Gasteiger partial charge is 0.481 e. The maximum absolute atomic E-state index is 12.1. The van der Waals surface area contributed by atoms with Gasteiger partial charge in [0.2, 0.25) is 0 Å². The standard InChI is InChI=1S/C15H19BrN2O3/c1-10-7-11(4-5-13(10)16)8-17-15(21)18-6-2-3-12(9-18)14(19)20/h4-5,7,12H,2-3,6,8-9H2,1H3,(H,17,21)(H,19,20). The topological polar surface area (TPSA) is 69.6 Å². The van der Waals surface area contributed by atoms with Crippen LogP contribution in [0.4, 0.5) is 4.79 Å². The number of carbonyl (C=O) groups excluding carboxylic acids is 1. The summed E-state index contributed by atoms with van der Waals surface area (Å²) in [5.41, 5.74) is 2.14. The number of nitrogens with one attached hydrogen (secondary N) is 1. The Morgan fingerprint density at radius 2 is 2.24 bits per heavy atom. The van der Waals surface area contributed by atoms with Crippen LogP contribution in [0, 0.1) is 12.8 Å². The molecule has 0 spiro atoms. The minimum absolute atomic E-state index is 0.193. The van der Waals surface area contributed by atoms with E-state index in [1.165, 1.54) is 0 Å². The van der Waals surface area contributed by atoms with Gasteiger partial charge in [-0.15, -0.1) is 0 Å². The fourth-order valence-electron chi connectivity index (χ4n) is 2.47. The zero-order valence-electron chi connectivity index (χ0n) is 11.9. The van der Waals surface area contributed by atoms with E-state index in [0.717, 1.165) is 22.0 Å². The van der Waals surface area contributed by atoms with Gasteiger partial charge in [-0.3, -0.25) is 4.79 Å². The van der Waals surface area contributed by atoms with Crippen LogP contribution in [0.2, 0.25) is 0 Å². The molecule has 2 N–H and O–H groups in total. The van der Waals surface area contributed by atoms with E-state index in [1.54, 1.807) is 4.90 Å². The number of nitrogens with zero attached hydrogens (tertiary/aromatic N) is 1. The third kappa shape index (κ3) is 4.20. The molecule has 0 saturated carbocycles. The number of aryl methyl sites for hydroxylation is 1. The first-order chi connectivity index (χ1) is 9.97. The predicted octanol–water partition coefficient (Wildman–Crippen LogP) is 2.76. The van der Waals surface area contributed by atoms with Gasteiger partial charge in [0.25, 0.3) is 0 Å². The molecule has 0 aliphatic carbocycles. The first kappa shape index (κ1) is 15.8. The number of carboxylic acids is 1. The molecule has 21 heavy (non-hydrogen) atoms. The van der Waals surface area contributed by atoms with Crippen molar-refractivity contribution in [2.45, 2.75) is 26.3 Å². The van der Waals surface area contributed by atoms with Gasteiger partial charge in [-0.25, -0.2) is 4.79 Å². The lowest BCUT2D eigenvalue weighted by Gasteiger charge is -2.30. The summed E-state index contributed by atoms with van der Waals surface area (Å²) in [6, 6.07) is 5.73. The number of urea groups is 1. The van der Waals surface area contributed by atoms with Gasteiger partial charge >= 0.3 is 12.0 Å². The van der Waals surface area contributed by atoms with Crippen LogP contribution >= 0.6 is 15.9 Å². The van der Waals surface area contributed by atoms with Crippen molar-refractivity contribution in [1.82, 2.24) is 10.2 Å². The lowest BCUT2D eigenvalue weighted by atomic mass is 9.99. The monoisotopic (exact) mass is 354 g/mol. The second-order valence-electron chi connectivity index (χ2n) is 5.37. The quantitative estimate of drug-likeness (QED) is 0.876. The van der Waals surface area contributed by atoms with Gasteiger partial charge in [0.1, 0.15) is 0 Å². The number of benzene rings is 1. The van der Waals surface area contributed by atoms with Crippen molar-refractivity contribution in [2.24, 2.45) is 5.92 Å². The molecule has 0 radical (unpaired) electrons. The third-order valence-corrected chi connectivity index (χ3v) is 4.61. The summed E-state index contributed by atoms with van der Waals surface area (Å²) < 4.78 is 1.04. The van der Waals surface area contributed by atoms with Crippen LogP contribution < -0.4 is 5.32 Å². The minimum Gasteiger partial charge on any atom is -0.481 e. The van der Waals surface area contributed by atoms with Crippen LogP contribution in [0.3, 0.4) is 0 Å². The van der Waals surface area contributed by atoms with Crippen LogP contribution in [0.5, 0.6) is 0 Å². The Labute approximate surface area is 132 Å². The normalized spacial score (nSPS) is 18.4. The lowest BCUT2D eigenvalue weighted by molar-refractivity contribution is -0.143. The van der Waals surface area contributed by atoms with Crippen LogP contribution in [0.15, 0.2) is 22.7 Å². The molecule has 1 aliphatic heterocycles. The molecule has 1 fully saturated rings. The molecule has 114 valence electrons. The number of aliphatic carboxylic acids is 1. The number of carbonyl (C=O) groups is 2. The van der Waals surface area contributed by atoms with E-state index in [9.17, 15) is 9.59 Å². The Kier molecular flexibility index (Phi) is 5.22. The Hall–Kier alpha value is -1.56. The van der Waals surface area contributed by atoms with E-state index in [4.69, 9.17) is 5.11 Å². The van der Waals surface area contributed by atoms with E-state index in [0.29, 0.717) is 26.1 Å². The molecule has 0 bridgehead atoms. The second kappa shape index (κ2) is 6.93. The smallest absolute Gasteiger partial charge is 0.317 e. The number of rotatable bonds is 3. The lowest BCUT2D eigenvalue weighted by Crippen LogP contribution is -2.46. The molecule has 1 aromatic carbocycles.